The highest BCUT2D eigenvalue weighted by atomic mass is 16.6. The van der Waals surface area contributed by atoms with Gasteiger partial charge in [-0.1, -0.05) is 6.07 Å². The molecule has 2 aromatic carbocycles. The van der Waals surface area contributed by atoms with Gasteiger partial charge in [-0.3, -0.25) is 10.1 Å². The van der Waals surface area contributed by atoms with E-state index in [0.29, 0.717) is 23.0 Å². The van der Waals surface area contributed by atoms with Crippen LogP contribution in [0.15, 0.2) is 42.5 Å². The molecule has 0 aromatic heterocycles. The highest BCUT2D eigenvalue weighted by Gasteiger charge is 2.13. The summed E-state index contributed by atoms with van der Waals surface area (Å²) >= 11 is 0. The molecule has 0 saturated heterocycles. The fourth-order valence-electron chi connectivity index (χ4n) is 1.67. The van der Waals surface area contributed by atoms with Crippen LogP contribution in [-0.4, -0.2) is 19.1 Å². The molecule has 20 heavy (non-hydrogen) atoms. The quantitative estimate of drug-likeness (QED) is 0.617. The van der Waals surface area contributed by atoms with Crippen molar-refractivity contribution in [1.29, 1.82) is 0 Å². The van der Waals surface area contributed by atoms with Gasteiger partial charge in [0.25, 0.3) is 5.69 Å². The van der Waals surface area contributed by atoms with Crippen molar-refractivity contribution >= 4 is 5.69 Å². The minimum absolute atomic E-state index is 0.00402. The van der Waals surface area contributed by atoms with Crippen LogP contribution in [-0.2, 0) is 0 Å². The molecule has 2 aromatic rings. The summed E-state index contributed by atoms with van der Waals surface area (Å²) in [5.41, 5.74) is 0.00402. The van der Waals surface area contributed by atoms with Gasteiger partial charge >= 0.3 is 0 Å². The maximum atomic E-state index is 10.6. The van der Waals surface area contributed by atoms with Crippen LogP contribution in [0, 0.1) is 10.1 Å². The summed E-state index contributed by atoms with van der Waals surface area (Å²) in [5, 5.41) is 10.6. The van der Waals surface area contributed by atoms with Crippen LogP contribution in [0.3, 0.4) is 0 Å². The first-order chi connectivity index (χ1) is 9.65. The SMILES string of the molecule is COc1cccc(OC)c1Oc1ccc([N+](=O)[O-])cc1. The molecular formula is C14H13NO5. The number of nitro groups is 1. The van der Waals surface area contributed by atoms with Crippen LogP contribution in [0.25, 0.3) is 0 Å². The van der Waals surface area contributed by atoms with E-state index in [4.69, 9.17) is 14.2 Å². The van der Waals surface area contributed by atoms with Crippen LogP contribution < -0.4 is 14.2 Å². The van der Waals surface area contributed by atoms with Crippen molar-refractivity contribution in [3.8, 4) is 23.0 Å². The Morgan fingerprint density at radius 3 is 1.95 bits per heavy atom. The molecule has 6 nitrogen and oxygen atoms in total. The van der Waals surface area contributed by atoms with E-state index in [9.17, 15) is 10.1 Å². The van der Waals surface area contributed by atoms with Crippen LogP contribution in [0.4, 0.5) is 5.69 Å². The first-order valence-corrected chi connectivity index (χ1v) is 5.79. The average Bonchev–Trinajstić information content (AvgIpc) is 2.48. The van der Waals surface area contributed by atoms with E-state index in [2.05, 4.69) is 0 Å². The molecule has 0 N–H and O–H groups in total. The number of methoxy groups -OCH3 is 2. The number of nitro benzene ring substituents is 1. The summed E-state index contributed by atoms with van der Waals surface area (Å²) in [4.78, 5) is 10.1. The molecule has 0 unspecified atom stereocenters. The Morgan fingerprint density at radius 1 is 0.950 bits per heavy atom. The highest BCUT2D eigenvalue weighted by molar-refractivity contribution is 5.53. The van der Waals surface area contributed by atoms with Crippen LogP contribution in [0.5, 0.6) is 23.0 Å². The Balaban J connectivity index is 2.31. The normalized spacial score (nSPS) is 9.90. The molecule has 2 rings (SSSR count). The van der Waals surface area contributed by atoms with Gasteiger partial charge in [-0.15, -0.1) is 0 Å². The average molecular weight is 275 g/mol. The molecule has 0 aliphatic rings. The monoisotopic (exact) mass is 275 g/mol. The molecule has 0 amide bonds. The third-order valence-electron chi connectivity index (χ3n) is 2.65. The molecule has 0 radical (unpaired) electrons. The van der Waals surface area contributed by atoms with Crippen molar-refractivity contribution in [2.45, 2.75) is 0 Å². The lowest BCUT2D eigenvalue weighted by atomic mass is 10.2. The summed E-state index contributed by atoms with van der Waals surface area (Å²) in [5.74, 6) is 1.91. The van der Waals surface area contributed by atoms with Crippen LogP contribution in [0.1, 0.15) is 0 Å². The van der Waals surface area contributed by atoms with E-state index in [1.165, 1.54) is 38.5 Å². The maximum Gasteiger partial charge on any atom is 0.269 e. The Kier molecular flexibility index (Phi) is 4.05. The summed E-state index contributed by atoms with van der Waals surface area (Å²) in [6, 6.07) is 11.0. The zero-order chi connectivity index (χ0) is 14.5. The van der Waals surface area contributed by atoms with Gasteiger partial charge < -0.3 is 14.2 Å². The first-order valence-electron chi connectivity index (χ1n) is 5.79. The van der Waals surface area contributed by atoms with Crippen molar-refractivity contribution < 1.29 is 19.1 Å². The van der Waals surface area contributed by atoms with Gasteiger partial charge in [0.2, 0.25) is 5.75 Å². The maximum absolute atomic E-state index is 10.6. The van der Waals surface area contributed by atoms with Gasteiger partial charge in [0.05, 0.1) is 19.1 Å². The predicted molar refractivity (Wildman–Crippen MR) is 72.7 cm³/mol. The van der Waals surface area contributed by atoms with Crippen LogP contribution in [0.2, 0.25) is 0 Å². The lowest BCUT2D eigenvalue weighted by molar-refractivity contribution is -0.384. The molecule has 0 aliphatic carbocycles. The van der Waals surface area contributed by atoms with E-state index in [1.807, 2.05) is 0 Å². The Hall–Kier alpha value is -2.76. The number of ether oxygens (including phenoxy) is 3. The van der Waals surface area contributed by atoms with Crippen molar-refractivity contribution in [3.63, 3.8) is 0 Å². The minimum Gasteiger partial charge on any atom is -0.493 e. The number of nitrogens with zero attached hydrogens (tertiary/aromatic N) is 1. The smallest absolute Gasteiger partial charge is 0.269 e. The molecule has 0 heterocycles. The van der Waals surface area contributed by atoms with Gasteiger partial charge in [-0.25, -0.2) is 0 Å². The topological polar surface area (TPSA) is 70.8 Å². The van der Waals surface area contributed by atoms with Gasteiger partial charge in [-0.05, 0) is 24.3 Å². The second-order valence-electron chi connectivity index (χ2n) is 3.84. The molecule has 0 atom stereocenters. The fourth-order valence-corrected chi connectivity index (χ4v) is 1.67. The predicted octanol–water partition coefficient (Wildman–Crippen LogP) is 3.40. The number of non-ortho nitro benzene ring substituents is 1. The third kappa shape index (κ3) is 2.80. The van der Waals surface area contributed by atoms with Gasteiger partial charge in [0.1, 0.15) is 5.75 Å². The molecule has 0 saturated carbocycles. The third-order valence-corrected chi connectivity index (χ3v) is 2.65. The van der Waals surface area contributed by atoms with Gasteiger partial charge in [0.15, 0.2) is 11.5 Å². The largest absolute Gasteiger partial charge is 0.493 e. The number of hydrogen-bond donors (Lipinski definition) is 0. The number of rotatable bonds is 5. The first kappa shape index (κ1) is 13.7. The van der Waals surface area contributed by atoms with E-state index >= 15 is 0 Å². The summed E-state index contributed by atoms with van der Waals surface area (Å²) in [7, 11) is 3.05. The Bertz CT molecular complexity index is 587. The standard InChI is InChI=1S/C14H13NO5/c1-18-12-4-3-5-13(19-2)14(12)20-11-8-6-10(7-9-11)15(16)17/h3-9H,1-2H3. The fraction of sp³-hybridized carbons (Fsp3) is 0.143. The van der Waals surface area contributed by atoms with Crippen molar-refractivity contribution in [1.82, 2.24) is 0 Å². The Labute approximate surface area is 115 Å². The summed E-state index contributed by atoms with van der Waals surface area (Å²) in [6.07, 6.45) is 0. The van der Waals surface area contributed by atoms with Crippen molar-refractivity contribution in [3.05, 3.63) is 52.6 Å². The zero-order valence-electron chi connectivity index (χ0n) is 11.0. The van der Waals surface area contributed by atoms with Gasteiger partial charge in [0, 0.05) is 12.1 Å². The summed E-state index contributed by atoms with van der Waals surface area (Å²) < 4.78 is 16.1. The Morgan fingerprint density at radius 2 is 1.50 bits per heavy atom. The van der Waals surface area contributed by atoms with E-state index in [0.717, 1.165) is 0 Å². The van der Waals surface area contributed by atoms with Crippen molar-refractivity contribution in [2.75, 3.05) is 14.2 Å². The molecule has 104 valence electrons. The van der Waals surface area contributed by atoms with Crippen LogP contribution >= 0.6 is 0 Å². The lowest BCUT2D eigenvalue weighted by Gasteiger charge is -2.13. The number of hydrogen-bond acceptors (Lipinski definition) is 5. The van der Waals surface area contributed by atoms with Gasteiger partial charge in [-0.2, -0.15) is 0 Å². The lowest BCUT2D eigenvalue weighted by Crippen LogP contribution is -1.94. The zero-order valence-corrected chi connectivity index (χ0v) is 11.0. The second kappa shape index (κ2) is 5.92. The second-order valence-corrected chi connectivity index (χ2v) is 3.84. The number of benzene rings is 2. The number of para-hydroxylation sites is 1. The van der Waals surface area contributed by atoms with E-state index in [-0.39, 0.29) is 5.69 Å². The van der Waals surface area contributed by atoms with Crippen molar-refractivity contribution in [2.24, 2.45) is 0 Å². The molecule has 0 spiro atoms. The van der Waals surface area contributed by atoms with E-state index in [1.54, 1.807) is 18.2 Å². The minimum atomic E-state index is -0.465. The highest BCUT2D eigenvalue weighted by Crippen LogP contribution is 2.40. The molecule has 0 fully saturated rings. The molecule has 0 aliphatic heterocycles. The summed E-state index contributed by atoms with van der Waals surface area (Å²) in [6.45, 7) is 0. The molecule has 6 heteroatoms. The molecule has 0 bridgehead atoms. The molecular weight excluding hydrogens is 262 g/mol. The van der Waals surface area contributed by atoms with E-state index < -0.39 is 4.92 Å².